The predicted molar refractivity (Wildman–Crippen MR) is 71.4 cm³/mol. The van der Waals surface area contributed by atoms with Gasteiger partial charge in [-0.2, -0.15) is 0 Å². The van der Waals surface area contributed by atoms with E-state index in [0.717, 1.165) is 0 Å². The molecule has 0 saturated heterocycles. The number of rotatable bonds is 9. The van der Waals surface area contributed by atoms with E-state index in [-0.39, 0.29) is 0 Å². The molecule has 1 N–H and O–H groups in total. The van der Waals surface area contributed by atoms with E-state index in [4.69, 9.17) is 9.90 Å². The number of unbranched alkanes of at least 4 members (excludes halogenated alkanes) is 9. The summed E-state index contributed by atoms with van der Waals surface area (Å²) in [6, 6.07) is 0. The first-order chi connectivity index (χ1) is 7.65. The maximum atomic E-state index is 8.77. The van der Waals surface area contributed by atoms with Crippen LogP contribution < -0.4 is 0 Å². The molecule has 3 heteroatoms. The Labute approximate surface area is 105 Å². The van der Waals surface area contributed by atoms with Crippen molar-refractivity contribution in [2.24, 2.45) is 0 Å². The SMILES string of the molecule is CCCCCCCCCCCC.O=C(O)Cl. The fourth-order valence-corrected chi connectivity index (χ4v) is 1.56. The van der Waals surface area contributed by atoms with Crippen molar-refractivity contribution in [1.82, 2.24) is 0 Å². The van der Waals surface area contributed by atoms with Crippen LogP contribution in [0.4, 0.5) is 4.79 Å². The smallest absolute Gasteiger partial charge is 0.401 e. The second kappa shape index (κ2) is 17.2. The van der Waals surface area contributed by atoms with Gasteiger partial charge in [0.15, 0.2) is 0 Å². The first-order valence-electron chi connectivity index (χ1n) is 6.53. The molecule has 0 heterocycles. The quantitative estimate of drug-likeness (QED) is 0.413. The van der Waals surface area contributed by atoms with Crippen molar-refractivity contribution < 1.29 is 9.90 Å². The van der Waals surface area contributed by atoms with Crippen molar-refractivity contribution in [3.8, 4) is 0 Å². The molecular formula is C13H27ClO2. The van der Waals surface area contributed by atoms with Crippen LogP contribution in [0.1, 0.15) is 78.1 Å². The lowest BCUT2D eigenvalue weighted by Crippen LogP contribution is -1.80. The minimum Gasteiger partial charge on any atom is -0.469 e. The average molecular weight is 251 g/mol. The zero-order chi connectivity index (χ0) is 12.6. The number of hydrogen-bond acceptors (Lipinski definition) is 1. The molecule has 0 fully saturated rings. The van der Waals surface area contributed by atoms with Gasteiger partial charge in [0, 0.05) is 11.6 Å². The summed E-state index contributed by atoms with van der Waals surface area (Å²) in [7, 11) is 0. The Kier molecular flexibility index (Phi) is 19.5. The number of carbonyl (C=O) groups is 1. The van der Waals surface area contributed by atoms with Gasteiger partial charge in [-0.05, 0) is 0 Å². The van der Waals surface area contributed by atoms with E-state index in [2.05, 4.69) is 25.4 Å². The standard InChI is InChI=1S/C12H26.CHClO2/c1-3-5-7-9-11-12-10-8-6-4-2;2-1(3)4/h3-12H2,1-2H3;(H,3,4). The Bertz CT molecular complexity index is 124. The summed E-state index contributed by atoms with van der Waals surface area (Å²) in [4.78, 5) is 8.77. The van der Waals surface area contributed by atoms with Crippen molar-refractivity contribution in [2.75, 3.05) is 0 Å². The largest absolute Gasteiger partial charge is 0.469 e. The summed E-state index contributed by atoms with van der Waals surface area (Å²) < 4.78 is 0. The molecule has 0 aliphatic rings. The van der Waals surface area contributed by atoms with Gasteiger partial charge in [-0.3, -0.25) is 0 Å². The molecule has 0 radical (unpaired) electrons. The van der Waals surface area contributed by atoms with Crippen LogP contribution in [0.15, 0.2) is 0 Å². The summed E-state index contributed by atoms with van der Waals surface area (Å²) in [6.45, 7) is 4.56. The third-order valence-corrected chi connectivity index (χ3v) is 2.46. The van der Waals surface area contributed by atoms with E-state index < -0.39 is 5.43 Å². The molecule has 0 amide bonds. The van der Waals surface area contributed by atoms with Gasteiger partial charge >= 0.3 is 5.43 Å². The molecule has 0 saturated carbocycles. The van der Waals surface area contributed by atoms with Gasteiger partial charge in [-0.1, -0.05) is 78.1 Å². The molecule has 98 valence electrons. The molecule has 0 aliphatic heterocycles. The van der Waals surface area contributed by atoms with Gasteiger partial charge in [-0.25, -0.2) is 4.79 Å². The van der Waals surface area contributed by atoms with Crippen molar-refractivity contribution in [1.29, 1.82) is 0 Å². The Morgan fingerprint density at radius 2 is 1.00 bits per heavy atom. The van der Waals surface area contributed by atoms with E-state index >= 15 is 0 Å². The van der Waals surface area contributed by atoms with Crippen LogP contribution in [0.5, 0.6) is 0 Å². The normalized spacial score (nSPS) is 9.44. The summed E-state index contributed by atoms with van der Waals surface area (Å²) in [5.41, 5.74) is -1.36. The highest BCUT2D eigenvalue weighted by Crippen LogP contribution is 2.09. The van der Waals surface area contributed by atoms with Crippen molar-refractivity contribution >= 4 is 17.0 Å². The van der Waals surface area contributed by atoms with Gasteiger partial charge in [0.1, 0.15) is 0 Å². The molecule has 0 rings (SSSR count). The van der Waals surface area contributed by atoms with E-state index in [1.54, 1.807) is 0 Å². The van der Waals surface area contributed by atoms with Crippen molar-refractivity contribution in [2.45, 2.75) is 78.1 Å². The molecule has 0 aromatic rings. The first-order valence-corrected chi connectivity index (χ1v) is 6.91. The number of halogens is 1. The monoisotopic (exact) mass is 250 g/mol. The van der Waals surface area contributed by atoms with Crippen LogP contribution >= 0.6 is 11.6 Å². The molecular weight excluding hydrogens is 224 g/mol. The zero-order valence-electron chi connectivity index (χ0n) is 10.8. The van der Waals surface area contributed by atoms with Gasteiger partial charge in [-0.15, -0.1) is 0 Å². The van der Waals surface area contributed by atoms with Crippen LogP contribution in [0.25, 0.3) is 0 Å². The maximum absolute atomic E-state index is 8.77. The second-order valence-corrected chi connectivity index (χ2v) is 4.40. The highest BCUT2D eigenvalue weighted by molar-refractivity contribution is 6.60. The topological polar surface area (TPSA) is 37.3 Å². The van der Waals surface area contributed by atoms with Gasteiger partial charge in [0.2, 0.25) is 0 Å². The minimum atomic E-state index is -1.36. The summed E-state index contributed by atoms with van der Waals surface area (Å²) in [5.74, 6) is 0. The minimum absolute atomic E-state index is 1.36. The number of hydrogen-bond donors (Lipinski definition) is 1. The lowest BCUT2D eigenvalue weighted by atomic mass is 10.1. The molecule has 0 unspecified atom stereocenters. The van der Waals surface area contributed by atoms with E-state index in [1.807, 2.05) is 0 Å². The number of carboxylic acid groups (broad SMARTS) is 1. The average Bonchev–Trinajstić information content (AvgIpc) is 2.21. The molecule has 0 aromatic carbocycles. The molecule has 16 heavy (non-hydrogen) atoms. The molecule has 0 aromatic heterocycles. The zero-order valence-corrected chi connectivity index (χ0v) is 11.6. The molecule has 2 nitrogen and oxygen atoms in total. The van der Waals surface area contributed by atoms with E-state index in [9.17, 15) is 0 Å². The molecule has 0 bridgehead atoms. The fraction of sp³-hybridized carbons (Fsp3) is 0.923. The summed E-state index contributed by atoms with van der Waals surface area (Å²) in [6.07, 6.45) is 14.4. The van der Waals surface area contributed by atoms with Crippen LogP contribution in [0, 0.1) is 0 Å². The van der Waals surface area contributed by atoms with Crippen LogP contribution in [-0.4, -0.2) is 10.5 Å². The second-order valence-electron chi connectivity index (χ2n) is 4.08. The summed E-state index contributed by atoms with van der Waals surface area (Å²) in [5, 5.41) is 7.18. The van der Waals surface area contributed by atoms with Crippen molar-refractivity contribution in [3.63, 3.8) is 0 Å². The highest BCUT2D eigenvalue weighted by Gasteiger charge is 1.90. The highest BCUT2D eigenvalue weighted by atomic mass is 35.5. The molecule has 0 spiro atoms. The predicted octanol–water partition coefficient (Wildman–Crippen LogP) is 5.83. The van der Waals surface area contributed by atoms with Gasteiger partial charge < -0.3 is 5.11 Å². The van der Waals surface area contributed by atoms with Gasteiger partial charge in [0.05, 0.1) is 0 Å². The third-order valence-electron chi connectivity index (χ3n) is 2.46. The lowest BCUT2D eigenvalue weighted by molar-refractivity contribution is 0.220. The fourth-order valence-electron chi connectivity index (χ4n) is 1.56. The third kappa shape index (κ3) is 29.2. The van der Waals surface area contributed by atoms with Gasteiger partial charge in [0.25, 0.3) is 0 Å². The van der Waals surface area contributed by atoms with Crippen LogP contribution in [0.2, 0.25) is 0 Å². The Morgan fingerprint density at radius 1 is 0.812 bits per heavy atom. The Balaban J connectivity index is 0. The first kappa shape index (κ1) is 18.1. The Morgan fingerprint density at radius 3 is 1.19 bits per heavy atom. The summed E-state index contributed by atoms with van der Waals surface area (Å²) >= 11 is 4.19. The maximum Gasteiger partial charge on any atom is 0.401 e. The lowest BCUT2D eigenvalue weighted by Gasteiger charge is -1.99. The molecule has 0 aliphatic carbocycles. The van der Waals surface area contributed by atoms with Crippen LogP contribution in [0.3, 0.4) is 0 Å². The van der Waals surface area contributed by atoms with Crippen LogP contribution in [-0.2, 0) is 0 Å². The van der Waals surface area contributed by atoms with E-state index in [0.29, 0.717) is 0 Å². The van der Waals surface area contributed by atoms with Crippen molar-refractivity contribution in [3.05, 3.63) is 0 Å². The van der Waals surface area contributed by atoms with E-state index in [1.165, 1.54) is 64.2 Å². The molecule has 0 atom stereocenters. The Hall–Kier alpha value is -0.240.